The van der Waals surface area contributed by atoms with Gasteiger partial charge in [0.2, 0.25) is 11.8 Å². The summed E-state index contributed by atoms with van der Waals surface area (Å²) in [6.07, 6.45) is 6.09. The van der Waals surface area contributed by atoms with Crippen molar-refractivity contribution in [2.45, 2.75) is 45.6 Å². The Bertz CT molecular complexity index is 640. The molecule has 130 valence electrons. The third kappa shape index (κ3) is 3.25. The molecular formula is C19H26N2O3. The second-order valence-corrected chi connectivity index (χ2v) is 7.61. The van der Waals surface area contributed by atoms with Crippen LogP contribution < -0.4 is 0 Å². The minimum Gasteiger partial charge on any atom is -0.465 e. The van der Waals surface area contributed by atoms with E-state index in [9.17, 15) is 9.59 Å². The Hall–Kier alpha value is -2.04. The number of carbonyl (C=O) groups excluding carboxylic acids is 2. The lowest BCUT2D eigenvalue weighted by atomic mass is 9.91. The molecule has 5 nitrogen and oxygen atoms in total. The molecule has 0 N–H and O–H groups in total. The molecule has 1 aromatic rings. The van der Waals surface area contributed by atoms with Crippen molar-refractivity contribution in [3.8, 4) is 0 Å². The maximum Gasteiger partial charge on any atom is 0.235 e. The van der Waals surface area contributed by atoms with Crippen LogP contribution in [0.5, 0.6) is 0 Å². The molecule has 0 spiro atoms. The minimum atomic E-state index is -0.533. The van der Waals surface area contributed by atoms with Crippen molar-refractivity contribution in [1.82, 2.24) is 9.80 Å². The lowest BCUT2D eigenvalue weighted by molar-refractivity contribution is -0.153. The molecule has 1 fully saturated rings. The normalized spacial score (nSPS) is 22.5. The highest BCUT2D eigenvalue weighted by Gasteiger charge is 2.40. The molecule has 1 unspecified atom stereocenters. The average Bonchev–Trinajstić information content (AvgIpc) is 3.08. The SMILES string of the molecule is CC(C)(C)N1CCCC(C(=O)N2CCC=C(c3ccco3)C2)C1=O. The van der Waals surface area contributed by atoms with Crippen molar-refractivity contribution in [3.05, 3.63) is 30.2 Å². The number of hydrogen-bond acceptors (Lipinski definition) is 3. The quantitative estimate of drug-likeness (QED) is 0.784. The van der Waals surface area contributed by atoms with E-state index in [1.54, 1.807) is 6.26 Å². The summed E-state index contributed by atoms with van der Waals surface area (Å²) in [7, 11) is 0. The lowest BCUT2D eigenvalue weighted by Crippen LogP contribution is -2.55. The van der Waals surface area contributed by atoms with Crippen LogP contribution in [0.3, 0.4) is 0 Å². The smallest absolute Gasteiger partial charge is 0.235 e. The summed E-state index contributed by atoms with van der Waals surface area (Å²) in [6.45, 7) is 8.00. The summed E-state index contributed by atoms with van der Waals surface area (Å²) in [4.78, 5) is 29.4. The largest absolute Gasteiger partial charge is 0.465 e. The fourth-order valence-electron chi connectivity index (χ4n) is 3.56. The first-order valence-electron chi connectivity index (χ1n) is 8.71. The Balaban J connectivity index is 1.72. The van der Waals surface area contributed by atoms with Gasteiger partial charge in [0.05, 0.1) is 6.26 Å². The highest BCUT2D eigenvalue weighted by atomic mass is 16.3. The molecule has 0 saturated carbocycles. The van der Waals surface area contributed by atoms with E-state index in [1.807, 2.05) is 42.7 Å². The molecular weight excluding hydrogens is 304 g/mol. The summed E-state index contributed by atoms with van der Waals surface area (Å²) in [5.74, 6) is 0.215. The van der Waals surface area contributed by atoms with E-state index in [-0.39, 0.29) is 17.4 Å². The Kier molecular flexibility index (Phi) is 4.52. The van der Waals surface area contributed by atoms with Gasteiger partial charge in [-0.1, -0.05) is 6.08 Å². The van der Waals surface area contributed by atoms with Crippen LogP contribution in [0, 0.1) is 5.92 Å². The number of carbonyl (C=O) groups is 2. The summed E-state index contributed by atoms with van der Waals surface area (Å²) < 4.78 is 5.45. The lowest BCUT2D eigenvalue weighted by Gasteiger charge is -2.42. The van der Waals surface area contributed by atoms with E-state index in [2.05, 4.69) is 6.08 Å². The second kappa shape index (κ2) is 6.46. The molecule has 24 heavy (non-hydrogen) atoms. The first kappa shape index (κ1) is 16.8. The van der Waals surface area contributed by atoms with Gasteiger partial charge in [0.25, 0.3) is 0 Å². The molecule has 2 aliphatic heterocycles. The van der Waals surface area contributed by atoms with Crippen molar-refractivity contribution >= 4 is 17.4 Å². The highest BCUT2D eigenvalue weighted by Crippen LogP contribution is 2.28. The third-order valence-electron chi connectivity index (χ3n) is 4.85. The second-order valence-electron chi connectivity index (χ2n) is 7.61. The van der Waals surface area contributed by atoms with E-state index in [4.69, 9.17) is 4.42 Å². The number of amides is 2. The predicted octanol–water partition coefficient (Wildman–Crippen LogP) is 2.93. The highest BCUT2D eigenvalue weighted by molar-refractivity contribution is 6.01. The molecule has 0 bridgehead atoms. The maximum atomic E-state index is 13.0. The monoisotopic (exact) mass is 330 g/mol. The van der Waals surface area contributed by atoms with Crippen molar-refractivity contribution < 1.29 is 14.0 Å². The van der Waals surface area contributed by atoms with Gasteiger partial charge in [-0.25, -0.2) is 0 Å². The molecule has 5 heteroatoms. The minimum absolute atomic E-state index is 0.0205. The van der Waals surface area contributed by atoms with Crippen LogP contribution in [-0.4, -0.2) is 46.8 Å². The van der Waals surface area contributed by atoms with Gasteiger partial charge in [-0.3, -0.25) is 9.59 Å². The van der Waals surface area contributed by atoms with Crippen LogP contribution in [0.2, 0.25) is 0 Å². The Morgan fingerprint density at radius 2 is 2.08 bits per heavy atom. The molecule has 0 radical (unpaired) electrons. The van der Waals surface area contributed by atoms with E-state index in [0.29, 0.717) is 19.5 Å². The number of rotatable bonds is 2. The molecule has 3 rings (SSSR count). The van der Waals surface area contributed by atoms with Crippen LogP contribution >= 0.6 is 0 Å². The van der Waals surface area contributed by atoms with Gasteiger partial charge in [-0.15, -0.1) is 0 Å². The van der Waals surface area contributed by atoms with Gasteiger partial charge in [-0.05, 0) is 52.2 Å². The summed E-state index contributed by atoms with van der Waals surface area (Å²) in [5.41, 5.74) is 0.785. The predicted molar refractivity (Wildman–Crippen MR) is 92.1 cm³/mol. The Labute approximate surface area is 143 Å². The van der Waals surface area contributed by atoms with Crippen LogP contribution in [0.1, 0.15) is 45.8 Å². The third-order valence-corrected chi connectivity index (χ3v) is 4.85. The van der Waals surface area contributed by atoms with Gasteiger partial charge >= 0.3 is 0 Å². The molecule has 1 saturated heterocycles. The van der Waals surface area contributed by atoms with Crippen LogP contribution in [0.4, 0.5) is 0 Å². The summed E-state index contributed by atoms with van der Waals surface area (Å²) in [5, 5.41) is 0. The van der Waals surface area contributed by atoms with Crippen molar-refractivity contribution in [2.75, 3.05) is 19.6 Å². The van der Waals surface area contributed by atoms with Crippen LogP contribution in [0.25, 0.3) is 5.57 Å². The van der Waals surface area contributed by atoms with E-state index in [1.165, 1.54) is 0 Å². The molecule has 1 atom stereocenters. The number of piperidine rings is 1. The van der Waals surface area contributed by atoms with E-state index < -0.39 is 5.92 Å². The van der Waals surface area contributed by atoms with Gasteiger partial charge in [0.15, 0.2) is 0 Å². The summed E-state index contributed by atoms with van der Waals surface area (Å²) >= 11 is 0. The standard InChI is InChI=1S/C19H26N2O3/c1-19(2,3)21-11-5-8-15(18(21)23)17(22)20-10-4-7-14(13-20)16-9-6-12-24-16/h6-7,9,12,15H,4-5,8,10-11,13H2,1-3H3. The number of nitrogens with zero attached hydrogens (tertiary/aromatic N) is 2. The number of hydrogen-bond donors (Lipinski definition) is 0. The van der Waals surface area contributed by atoms with Crippen molar-refractivity contribution in [2.24, 2.45) is 5.92 Å². The Morgan fingerprint density at radius 3 is 2.75 bits per heavy atom. The molecule has 0 aromatic carbocycles. The maximum absolute atomic E-state index is 13.0. The fraction of sp³-hybridized carbons (Fsp3) is 0.579. The Morgan fingerprint density at radius 1 is 1.29 bits per heavy atom. The van der Waals surface area contributed by atoms with Gasteiger partial charge in [0.1, 0.15) is 11.7 Å². The average molecular weight is 330 g/mol. The first-order valence-corrected chi connectivity index (χ1v) is 8.71. The molecule has 2 aliphatic rings. The number of furan rings is 1. The van der Waals surface area contributed by atoms with Crippen molar-refractivity contribution in [1.29, 1.82) is 0 Å². The van der Waals surface area contributed by atoms with E-state index in [0.717, 1.165) is 30.7 Å². The topological polar surface area (TPSA) is 53.8 Å². The molecule has 3 heterocycles. The van der Waals surface area contributed by atoms with Gasteiger partial charge < -0.3 is 14.2 Å². The zero-order valence-corrected chi connectivity index (χ0v) is 14.7. The van der Waals surface area contributed by atoms with Crippen molar-refractivity contribution in [3.63, 3.8) is 0 Å². The molecule has 1 aromatic heterocycles. The molecule has 2 amide bonds. The zero-order valence-electron chi connectivity index (χ0n) is 14.7. The van der Waals surface area contributed by atoms with Gasteiger partial charge in [-0.2, -0.15) is 0 Å². The van der Waals surface area contributed by atoms with Gasteiger partial charge in [0, 0.05) is 30.7 Å². The zero-order chi connectivity index (χ0) is 17.3. The number of likely N-dealkylation sites (tertiary alicyclic amines) is 1. The van der Waals surface area contributed by atoms with Crippen LogP contribution in [0.15, 0.2) is 28.9 Å². The van der Waals surface area contributed by atoms with E-state index >= 15 is 0 Å². The fourth-order valence-corrected chi connectivity index (χ4v) is 3.56. The molecule has 0 aliphatic carbocycles. The first-order chi connectivity index (χ1) is 11.4. The van der Waals surface area contributed by atoms with Crippen LogP contribution in [-0.2, 0) is 9.59 Å². The summed E-state index contributed by atoms with van der Waals surface area (Å²) in [6, 6.07) is 3.76.